The summed E-state index contributed by atoms with van der Waals surface area (Å²) < 4.78 is 7.97. The molecule has 5 nitrogen and oxygen atoms in total. The molecule has 2 aromatic carbocycles. The lowest BCUT2D eigenvalue weighted by Crippen LogP contribution is -2.04. The van der Waals surface area contributed by atoms with Gasteiger partial charge in [0, 0.05) is 10.0 Å². The van der Waals surface area contributed by atoms with Crippen molar-refractivity contribution >= 4 is 15.9 Å². The van der Waals surface area contributed by atoms with Crippen LogP contribution in [0.25, 0.3) is 11.4 Å². The number of ether oxygens (including phenoxy) is 1. The summed E-state index contributed by atoms with van der Waals surface area (Å²) in [6.45, 7) is 0.613. The number of rotatable bonds is 4. The van der Waals surface area contributed by atoms with E-state index < -0.39 is 0 Å². The highest BCUT2D eigenvalue weighted by molar-refractivity contribution is 9.10. The molecule has 0 unspecified atom stereocenters. The molecule has 0 saturated heterocycles. The molecule has 0 aliphatic rings. The highest BCUT2D eigenvalue weighted by atomic mass is 79.9. The Balaban J connectivity index is 1.86. The van der Waals surface area contributed by atoms with Crippen LogP contribution in [0, 0.1) is 0 Å². The van der Waals surface area contributed by atoms with Crippen LogP contribution in [0.2, 0.25) is 0 Å². The zero-order valence-corrected chi connectivity index (χ0v) is 13.0. The summed E-state index contributed by atoms with van der Waals surface area (Å²) in [5.74, 6) is 1.59. The Morgan fingerprint density at radius 2 is 1.76 bits per heavy atom. The lowest BCUT2D eigenvalue weighted by Gasteiger charge is -2.06. The van der Waals surface area contributed by atoms with Gasteiger partial charge in [0.25, 0.3) is 0 Å². The normalized spacial score (nSPS) is 10.6. The fourth-order valence-electron chi connectivity index (χ4n) is 2.02. The van der Waals surface area contributed by atoms with Crippen molar-refractivity contribution in [2.75, 3.05) is 7.11 Å². The van der Waals surface area contributed by atoms with Gasteiger partial charge in [0.1, 0.15) is 5.75 Å². The molecule has 0 amide bonds. The number of halogens is 1. The van der Waals surface area contributed by atoms with Crippen LogP contribution >= 0.6 is 15.9 Å². The van der Waals surface area contributed by atoms with Crippen molar-refractivity contribution in [1.82, 2.24) is 20.2 Å². The van der Waals surface area contributed by atoms with E-state index in [1.54, 1.807) is 11.8 Å². The quantitative estimate of drug-likeness (QED) is 0.729. The van der Waals surface area contributed by atoms with Crippen molar-refractivity contribution in [2.45, 2.75) is 6.54 Å². The molecule has 0 spiro atoms. The van der Waals surface area contributed by atoms with Crippen LogP contribution < -0.4 is 4.74 Å². The molecule has 0 N–H and O–H groups in total. The van der Waals surface area contributed by atoms with E-state index in [4.69, 9.17) is 4.74 Å². The van der Waals surface area contributed by atoms with Crippen LogP contribution in [0.15, 0.2) is 53.0 Å². The molecule has 21 heavy (non-hydrogen) atoms. The molecular weight excluding hydrogens is 332 g/mol. The summed E-state index contributed by atoms with van der Waals surface area (Å²) in [5.41, 5.74) is 2.10. The SMILES string of the molecule is COc1ccc(Cn2nnnc2-c2ccc(Br)cc2)cc1. The lowest BCUT2D eigenvalue weighted by molar-refractivity contribution is 0.414. The van der Waals surface area contributed by atoms with Crippen LogP contribution in [-0.2, 0) is 6.54 Å². The van der Waals surface area contributed by atoms with Crippen LogP contribution in [-0.4, -0.2) is 27.3 Å². The average Bonchev–Trinajstić information content (AvgIpc) is 2.97. The molecule has 6 heteroatoms. The molecule has 0 saturated carbocycles. The topological polar surface area (TPSA) is 52.8 Å². The fourth-order valence-corrected chi connectivity index (χ4v) is 2.29. The third-order valence-electron chi connectivity index (χ3n) is 3.13. The summed E-state index contributed by atoms with van der Waals surface area (Å²) in [5, 5.41) is 12.0. The molecule has 106 valence electrons. The van der Waals surface area contributed by atoms with Gasteiger partial charge in [-0.3, -0.25) is 0 Å². The average molecular weight is 345 g/mol. The van der Waals surface area contributed by atoms with E-state index in [9.17, 15) is 0 Å². The number of benzene rings is 2. The van der Waals surface area contributed by atoms with Gasteiger partial charge in [0.2, 0.25) is 0 Å². The van der Waals surface area contributed by atoms with Gasteiger partial charge in [-0.1, -0.05) is 40.2 Å². The second-order valence-corrected chi connectivity index (χ2v) is 5.43. The summed E-state index contributed by atoms with van der Waals surface area (Å²) >= 11 is 3.42. The molecule has 0 atom stereocenters. The minimum atomic E-state index is 0.613. The summed E-state index contributed by atoms with van der Waals surface area (Å²) in [6, 6.07) is 15.8. The molecule has 3 aromatic rings. The first-order valence-electron chi connectivity index (χ1n) is 6.41. The monoisotopic (exact) mass is 344 g/mol. The van der Waals surface area contributed by atoms with E-state index in [0.29, 0.717) is 6.54 Å². The zero-order chi connectivity index (χ0) is 14.7. The maximum absolute atomic E-state index is 5.16. The fraction of sp³-hybridized carbons (Fsp3) is 0.133. The highest BCUT2D eigenvalue weighted by Gasteiger charge is 2.09. The summed E-state index contributed by atoms with van der Waals surface area (Å²) in [7, 11) is 1.65. The van der Waals surface area contributed by atoms with Crippen molar-refractivity contribution in [3.63, 3.8) is 0 Å². The third-order valence-corrected chi connectivity index (χ3v) is 3.65. The van der Waals surface area contributed by atoms with Crippen molar-refractivity contribution in [1.29, 1.82) is 0 Å². The Morgan fingerprint density at radius 1 is 1.05 bits per heavy atom. The van der Waals surface area contributed by atoms with E-state index >= 15 is 0 Å². The maximum atomic E-state index is 5.16. The Morgan fingerprint density at radius 3 is 2.43 bits per heavy atom. The van der Waals surface area contributed by atoms with E-state index in [1.807, 2.05) is 48.5 Å². The molecule has 1 heterocycles. The van der Waals surface area contributed by atoms with Gasteiger partial charge in [0.15, 0.2) is 5.82 Å². The molecule has 1 aromatic heterocycles. The smallest absolute Gasteiger partial charge is 0.182 e. The number of hydrogen-bond donors (Lipinski definition) is 0. The summed E-state index contributed by atoms with van der Waals surface area (Å²) in [6.07, 6.45) is 0. The van der Waals surface area contributed by atoms with Gasteiger partial charge in [-0.15, -0.1) is 5.10 Å². The summed E-state index contributed by atoms with van der Waals surface area (Å²) in [4.78, 5) is 0. The van der Waals surface area contributed by atoms with Gasteiger partial charge < -0.3 is 4.74 Å². The van der Waals surface area contributed by atoms with Gasteiger partial charge >= 0.3 is 0 Å². The predicted octanol–water partition coefficient (Wildman–Crippen LogP) is 3.16. The van der Waals surface area contributed by atoms with Crippen LogP contribution in [0.1, 0.15) is 5.56 Å². The second kappa shape index (κ2) is 6.05. The van der Waals surface area contributed by atoms with Crippen LogP contribution in [0.4, 0.5) is 0 Å². The third kappa shape index (κ3) is 3.11. The van der Waals surface area contributed by atoms with Gasteiger partial charge in [-0.2, -0.15) is 0 Å². The number of aromatic nitrogens is 4. The van der Waals surface area contributed by atoms with Crippen LogP contribution in [0.3, 0.4) is 0 Å². The molecule has 0 aliphatic carbocycles. The van der Waals surface area contributed by atoms with Gasteiger partial charge in [0.05, 0.1) is 13.7 Å². The first-order chi connectivity index (χ1) is 10.3. The van der Waals surface area contributed by atoms with Gasteiger partial charge in [-0.25, -0.2) is 4.68 Å². The minimum Gasteiger partial charge on any atom is -0.497 e. The number of methoxy groups -OCH3 is 1. The Labute approximate surface area is 130 Å². The Kier molecular flexibility index (Phi) is 3.96. The molecule has 0 bridgehead atoms. The Hall–Kier alpha value is -2.21. The highest BCUT2D eigenvalue weighted by Crippen LogP contribution is 2.20. The maximum Gasteiger partial charge on any atom is 0.182 e. The molecule has 0 aliphatic heterocycles. The van der Waals surface area contributed by atoms with E-state index in [2.05, 4.69) is 31.5 Å². The predicted molar refractivity (Wildman–Crippen MR) is 83.0 cm³/mol. The number of tetrazole rings is 1. The molecule has 3 rings (SSSR count). The van der Waals surface area contributed by atoms with Crippen molar-refractivity contribution in [2.24, 2.45) is 0 Å². The number of hydrogen-bond acceptors (Lipinski definition) is 4. The van der Waals surface area contributed by atoms with Crippen molar-refractivity contribution in [3.05, 3.63) is 58.6 Å². The molecule has 0 fully saturated rings. The second-order valence-electron chi connectivity index (χ2n) is 4.52. The van der Waals surface area contributed by atoms with E-state index in [1.165, 1.54) is 0 Å². The van der Waals surface area contributed by atoms with Crippen LogP contribution in [0.5, 0.6) is 5.75 Å². The van der Waals surface area contributed by atoms with E-state index in [-0.39, 0.29) is 0 Å². The molecular formula is C15H13BrN4O. The largest absolute Gasteiger partial charge is 0.497 e. The van der Waals surface area contributed by atoms with Gasteiger partial charge in [-0.05, 0) is 40.3 Å². The lowest BCUT2D eigenvalue weighted by atomic mass is 10.2. The number of nitrogens with zero attached hydrogens (tertiary/aromatic N) is 4. The van der Waals surface area contributed by atoms with Crippen molar-refractivity contribution in [3.8, 4) is 17.1 Å². The standard InChI is InChI=1S/C15H13BrN4O/c1-21-14-8-2-11(3-9-14)10-20-15(17-18-19-20)12-4-6-13(16)7-5-12/h2-9H,10H2,1H3. The van der Waals surface area contributed by atoms with E-state index in [0.717, 1.165) is 27.2 Å². The van der Waals surface area contributed by atoms with Crippen molar-refractivity contribution < 1.29 is 4.74 Å². The zero-order valence-electron chi connectivity index (χ0n) is 11.4. The first-order valence-corrected chi connectivity index (χ1v) is 7.20. The first kappa shape index (κ1) is 13.8. The molecule has 0 radical (unpaired) electrons. The minimum absolute atomic E-state index is 0.613. The Bertz CT molecular complexity index is 722.